The summed E-state index contributed by atoms with van der Waals surface area (Å²) < 4.78 is 5.33. The molecule has 0 saturated carbocycles. The Morgan fingerprint density at radius 1 is 1.21 bits per heavy atom. The van der Waals surface area contributed by atoms with Crippen molar-refractivity contribution < 1.29 is 19.1 Å². The molecule has 1 N–H and O–H groups in total. The zero-order valence-electron chi connectivity index (χ0n) is 15.7. The third-order valence-corrected chi connectivity index (χ3v) is 6.12. The molecule has 0 aliphatic carbocycles. The summed E-state index contributed by atoms with van der Waals surface area (Å²) in [5, 5.41) is 5.24. The first-order chi connectivity index (χ1) is 13.8. The number of benzene rings is 1. The molecular weight excluding hydrogens is 435 g/mol. The molecule has 9 heteroatoms. The topological polar surface area (TPSA) is 75.7 Å². The van der Waals surface area contributed by atoms with E-state index in [2.05, 4.69) is 5.32 Å². The Labute approximate surface area is 182 Å². The van der Waals surface area contributed by atoms with Crippen LogP contribution < -0.4 is 5.32 Å². The van der Waals surface area contributed by atoms with Gasteiger partial charge in [0.1, 0.15) is 0 Å². The number of piperidine rings is 1. The average Bonchev–Trinajstić information content (AvgIpc) is 3.25. The number of amides is 2. The monoisotopic (exact) mass is 454 g/mol. The van der Waals surface area contributed by atoms with Crippen LogP contribution in [0.25, 0.3) is 0 Å². The summed E-state index contributed by atoms with van der Waals surface area (Å²) in [5.41, 5.74) is 0.354. The summed E-state index contributed by atoms with van der Waals surface area (Å²) in [4.78, 5) is 39.6. The van der Waals surface area contributed by atoms with Crippen LogP contribution in [0.4, 0.5) is 5.69 Å². The fourth-order valence-electron chi connectivity index (χ4n) is 3.03. The van der Waals surface area contributed by atoms with Gasteiger partial charge in [0.05, 0.1) is 21.5 Å². The lowest BCUT2D eigenvalue weighted by atomic mass is 9.97. The number of nitrogens with one attached hydrogen (secondary N) is 1. The molecule has 1 atom stereocenters. The third-order valence-electron chi connectivity index (χ3n) is 4.70. The van der Waals surface area contributed by atoms with Crippen molar-refractivity contribution in [1.29, 1.82) is 0 Å². The first-order valence-electron chi connectivity index (χ1n) is 9.14. The maximum Gasteiger partial charge on any atom is 0.309 e. The minimum atomic E-state index is -0.983. The summed E-state index contributed by atoms with van der Waals surface area (Å²) in [6, 6.07) is 8.33. The van der Waals surface area contributed by atoms with Gasteiger partial charge in [0.15, 0.2) is 6.10 Å². The molecule has 1 saturated heterocycles. The molecule has 2 amide bonds. The van der Waals surface area contributed by atoms with E-state index in [0.29, 0.717) is 46.5 Å². The molecule has 1 unspecified atom stereocenters. The van der Waals surface area contributed by atoms with Crippen molar-refractivity contribution in [3.05, 3.63) is 50.6 Å². The van der Waals surface area contributed by atoms with Crippen LogP contribution in [0.3, 0.4) is 0 Å². The van der Waals surface area contributed by atoms with E-state index < -0.39 is 18.0 Å². The Kier molecular flexibility index (Phi) is 7.16. The molecule has 1 aliphatic rings. The van der Waals surface area contributed by atoms with Gasteiger partial charge in [-0.05, 0) is 49.4 Å². The molecule has 1 aromatic carbocycles. The number of ether oxygens (including phenoxy) is 1. The van der Waals surface area contributed by atoms with Crippen LogP contribution in [-0.4, -0.2) is 41.9 Å². The number of carbonyl (C=O) groups is 3. The number of hydrogen-bond acceptors (Lipinski definition) is 5. The van der Waals surface area contributed by atoms with Crippen molar-refractivity contribution in [2.45, 2.75) is 25.9 Å². The van der Waals surface area contributed by atoms with Crippen LogP contribution in [0.5, 0.6) is 0 Å². The highest BCUT2D eigenvalue weighted by Gasteiger charge is 2.31. The van der Waals surface area contributed by atoms with Crippen LogP contribution in [0, 0.1) is 5.92 Å². The van der Waals surface area contributed by atoms with E-state index in [9.17, 15) is 14.4 Å². The fourth-order valence-corrected chi connectivity index (χ4v) is 4.05. The van der Waals surface area contributed by atoms with E-state index >= 15 is 0 Å². The van der Waals surface area contributed by atoms with E-state index in [-0.39, 0.29) is 11.8 Å². The molecule has 0 spiro atoms. The summed E-state index contributed by atoms with van der Waals surface area (Å²) in [7, 11) is 0. The van der Waals surface area contributed by atoms with Crippen molar-refractivity contribution in [3.63, 3.8) is 0 Å². The van der Waals surface area contributed by atoms with E-state index in [1.54, 1.807) is 23.1 Å². The number of nitrogens with zero attached hydrogens (tertiary/aromatic N) is 1. The van der Waals surface area contributed by atoms with E-state index in [0.717, 1.165) is 0 Å². The molecule has 0 bridgehead atoms. The van der Waals surface area contributed by atoms with Crippen LogP contribution >= 0.6 is 34.5 Å². The minimum absolute atomic E-state index is 0.0158. The molecular formula is C20H20Cl2N2O4S. The Bertz CT molecular complexity index is 896. The Morgan fingerprint density at radius 2 is 1.93 bits per heavy atom. The van der Waals surface area contributed by atoms with Gasteiger partial charge in [-0.15, -0.1) is 11.3 Å². The number of hydrogen-bond donors (Lipinski definition) is 1. The van der Waals surface area contributed by atoms with Gasteiger partial charge in [0, 0.05) is 18.1 Å². The lowest BCUT2D eigenvalue weighted by Gasteiger charge is -2.31. The number of thiophene rings is 1. The zero-order valence-corrected chi connectivity index (χ0v) is 18.0. The number of esters is 1. The quantitative estimate of drug-likeness (QED) is 0.675. The van der Waals surface area contributed by atoms with Gasteiger partial charge in [0.2, 0.25) is 0 Å². The molecule has 1 aromatic heterocycles. The molecule has 2 heterocycles. The van der Waals surface area contributed by atoms with E-state index in [1.807, 2.05) is 11.4 Å². The number of rotatable bonds is 5. The number of halogens is 2. The summed E-state index contributed by atoms with van der Waals surface area (Å²) in [6.45, 7) is 2.46. The second-order valence-electron chi connectivity index (χ2n) is 6.74. The van der Waals surface area contributed by atoms with Crippen LogP contribution in [0.1, 0.15) is 29.4 Å². The van der Waals surface area contributed by atoms with Gasteiger partial charge in [-0.25, -0.2) is 0 Å². The van der Waals surface area contributed by atoms with E-state index in [1.165, 1.54) is 24.3 Å². The standard InChI is InChI=1S/C20H20Cl2N2O4S/c1-12(18(25)23-16-11-14(21)4-5-15(16)22)28-20(27)13-6-8-24(9-7-13)19(26)17-3-2-10-29-17/h2-5,10-13H,6-9H2,1H3,(H,23,25). The van der Waals surface area contributed by atoms with Gasteiger partial charge in [-0.1, -0.05) is 29.3 Å². The lowest BCUT2D eigenvalue weighted by molar-refractivity contribution is -0.158. The predicted octanol–water partition coefficient (Wildman–Crippen LogP) is 4.48. The first kappa shape index (κ1) is 21.6. The molecule has 0 radical (unpaired) electrons. The van der Waals surface area contributed by atoms with Crippen molar-refractivity contribution >= 4 is 58.0 Å². The van der Waals surface area contributed by atoms with Gasteiger partial charge in [0.25, 0.3) is 11.8 Å². The Morgan fingerprint density at radius 3 is 2.59 bits per heavy atom. The molecule has 3 rings (SSSR count). The highest BCUT2D eigenvalue weighted by molar-refractivity contribution is 7.12. The van der Waals surface area contributed by atoms with E-state index in [4.69, 9.17) is 27.9 Å². The lowest BCUT2D eigenvalue weighted by Crippen LogP contribution is -2.41. The number of carbonyl (C=O) groups excluding carboxylic acids is 3. The Hall–Kier alpha value is -2.09. The molecule has 1 aliphatic heterocycles. The largest absolute Gasteiger partial charge is 0.452 e. The molecule has 29 heavy (non-hydrogen) atoms. The van der Waals surface area contributed by atoms with Crippen LogP contribution in [0.15, 0.2) is 35.7 Å². The van der Waals surface area contributed by atoms with Crippen molar-refractivity contribution in [1.82, 2.24) is 4.90 Å². The first-order valence-corrected chi connectivity index (χ1v) is 10.8. The van der Waals surface area contributed by atoms with Gasteiger partial charge in [-0.2, -0.15) is 0 Å². The smallest absolute Gasteiger partial charge is 0.309 e. The molecule has 2 aromatic rings. The Balaban J connectivity index is 1.49. The zero-order chi connectivity index (χ0) is 21.0. The van der Waals surface area contributed by atoms with Crippen LogP contribution in [0.2, 0.25) is 10.0 Å². The number of anilines is 1. The molecule has 6 nitrogen and oxygen atoms in total. The average molecular weight is 455 g/mol. The van der Waals surface area contributed by atoms with Crippen molar-refractivity contribution in [2.75, 3.05) is 18.4 Å². The fraction of sp³-hybridized carbons (Fsp3) is 0.350. The highest BCUT2D eigenvalue weighted by atomic mass is 35.5. The second-order valence-corrected chi connectivity index (χ2v) is 8.53. The van der Waals surface area contributed by atoms with Crippen molar-refractivity contribution in [2.24, 2.45) is 5.92 Å². The van der Waals surface area contributed by atoms with Crippen LogP contribution in [-0.2, 0) is 14.3 Å². The second kappa shape index (κ2) is 9.61. The highest BCUT2D eigenvalue weighted by Crippen LogP contribution is 2.26. The SMILES string of the molecule is CC(OC(=O)C1CCN(C(=O)c2cccs2)CC1)C(=O)Nc1cc(Cl)ccc1Cl. The maximum absolute atomic E-state index is 12.4. The maximum atomic E-state index is 12.4. The van der Waals surface area contributed by atoms with Gasteiger partial charge in [-0.3, -0.25) is 14.4 Å². The summed E-state index contributed by atoms with van der Waals surface area (Å²) in [5.74, 6) is -1.29. The summed E-state index contributed by atoms with van der Waals surface area (Å²) in [6.07, 6.45) is 0.0257. The molecule has 154 valence electrons. The predicted molar refractivity (Wildman–Crippen MR) is 114 cm³/mol. The molecule has 1 fully saturated rings. The van der Waals surface area contributed by atoms with Gasteiger partial charge < -0.3 is 15.0 Å². The minimum Gasteiger partial charge on any atom is -0.452 e. The number of likely N-dealkylation sites (tertiary alicyclic amines) is 1. The third kappa shape index (κ3) is 5.50. The van der Waals surface area contributed by atoms with Crippen molar-refractivity contribution in [3.8, 4) is 0 Å². The normalized spacial score (nSPS) is 15.6. The van der Waals surface area contributed by atoms with Gasteiger partial charge >= 0.3 is 5.97 Å². The summed E-state index contributed by atoms with van der Waals surface area (Å²) >= 11 is 13.3.